The number of aliphatic hydroxyl groups is 1. The summed E-state index contributed by atoms with van der Waals surface area (Å²) in [5.74, 6) is 0. The summed E-state index contributed by atoms with van der Waals surface area (Å²) in [6.45, 7) is 4.36. The van der Waals surface area contributed by atoms with Crippen LogP contribution in [0.15, 0.2) is 29.2 Å². The van der Waals surface area contributed by atoms with Crippen LogP contribution in [0, 0.1) is 5.41 Å². The summed E-state index contributed by atoms with van der Waals surface area (Å²) < 4.78 is 26.8. The smallest absolute Gasteiger partial charge is 0.240 e. The van der Waals surface area contributed by atoms with Crippen LogP contribution in [0.2, 0.25) is 5.02 Å². The summed E-state index contributed by atoms with van der Waals surface area (Å²) in [7, 11) is -3.54. The first-order chi connectivity index (χ1) is 8.77. The molecule has 0 aliphatic carbocycles. The predicted molar refractivity (Wildman–Crippen MR) is 76.7 cm³/mol. The van der Waals surface area contributed by atoms with E-state index in [0.717, 1.165) is 6.42 Å². The average Bonchev–Trinajstić information content (AvgIpc) is 2.34. The first-order valence-corrected chi connectivity index (χ1v) is 7.99. The molecule has 1 aromatic carbocycles. The number of halogens is 1. The molecule has 0 atom stereocenters. The zero-order valence-electron chi connectivity index (χ0n) is 11.2. The molecule has 0 spiro atoms. The van der Waals surface area contributed by atoms with Gasteiger partial charge in [0.1, 0.15) is 0 Å². The normalized spacial score (nSPS) is 12.6. The van der Waals surface area contributed by atoms with Crippen LogP contribution in [0.1, 0.15) is 26.7 Å². The summed E-state index contributed by atoms with van der Waals surface area (Å²) in [5.41, 5.74) is -0.200. The lowest BCUT2D eigenvalue weighted by Gasteiger charge is -2.24. The van der Waals surface area contributed by atoms with Gasteiger partial charge in [0.05, 0.1) is 4.90 Å². The molecule has 0 aromatic heterocycles. The summed E-state index contributed by atoms with van der Waals surface area (Å²) in [6.07, 6.45) is 1.41. The first kappa shape index (κ1) is 16.4. The molecule has 0 saturated heterocycles. The van der Waals surface area contributed by atoms with Crippen LogP contribution in [0.5, 0.6) is 0 Å². The zero-order valence-corrected chi connectivity index (χ0v) is 12.8. The third-order valence-electron chi connectivity index (χ3n) is 2.86. The molecule has 0 unspecified atom stereocenters. The molecule has 6 heteroatoms. The quantitative estimate of drug-likeness (QED) is 0.813. The van der Waals surface area contributed by atoms with Gasteiger partial charge in [0.15, 0.2) is 0 Å². The largest absolute Gasteiger partial charge is 0.396 e. The van der Waals surface area contributed by atoms with Crippen molar-refractivity contribution in [3.63, 3.8) is 0 Å². The fraction of sp³-hybridized carbons (Fsp3) is 0.538. The van der Waals surface area contributed by atoms with Crippen molar-refractivity contribution in [2.45, 2.75) is 31.6 Å². The fourth-order valence-corrected chi connectivity index (χ4v) is 3.20. The third kappa shape index (κ3) is 5.48. The molecule has 1 rings (SSSR count). The van der Waals surface area contributed by atoms with Gasteiger partial charge in [0.2, 0.25) is 10.0 Å². The van der Waals surface area contributed by atoms with Crippen molar-refractivity contribution < 1.29 is 13.5 Å². The third-order valence-corrected chi connectivity index (χ3v) is 4.49. The topological polar surface area (TPSA) is 66.4 Å². The van der Waals surface area contributed by atoms with Gasteiger partial charge in [-0.2, -0.15) is 0 Å². The van der Waals surface area contributed by atoms with Crippen molar-refractivity contribution in [1.29, 1.82) is 0 Å². The van der Waals surface area contributed by atoms with Gasteiger partial charge in [-0.3, -0.25) is 0 Å². The van der Waals surface area contributed by atoms with E-state index in [4.69, 9.17) is 16.7 Å². The second-order valence-corrected chi connectivity index (χ2v) is 7.48. The van der Waals surface area contributed by atoms with Gasteiger partial charge in [-0.1, -0.05) is 31.5 Å². The van der Waals surface area contributed by atoms with Crippen LogP contribution in [-0.4, -0.2) is 26.7 Å². The van der Waals surface area contributed by atoms with Gasteiger partial charge < -0.3 is 5.11 Å². The van der Waals surface area contributed by atoms with Crippen LogP contribution < -0.4 is 4.72 Å². The highest BCUT2D eigenvalue weighted by atomic mass is 35.5. The van der Waals surface area contributed by atoms with E-state index in [1.165, 1.54) is 12.1 Å². The highest BCUT2D eigenvalue weighted by Gasteiger charge is 2.22. The Morgan fingerprint density at radius 3 is 2.63 bits per heavy atom. The van der Waals surface area contributed by atoms with Gasteiger partial charge in [0.25, 0.3) is 0 Å². The molecule has 1 aromatic rings. The van der Waals surface area contributed by atoms with Gasteiger partial charge in [-0.05, 0) is 36.5 Å². The van der Waals surface area contributed by atoms with Gasteiger partial charge in [-0.15, -0.1) is 0 Å². The van der Waals surface area contributed by atoms with E-state index >= 15 is 0 Å². The van der Waals surface area contributed by atoms with Crippen molar-refractivity contribution >= 4 is 21.6 Å². The summed E-state index contributed by atoms with van der Waals surface area (Å²) in [6, 6.07) is 6.17. The SMILES string of the molecule is CC(C)(CCCO)CNS(=O)(=O)c1cccc(Cl)c1. The first-order valence-electron chi connectivity index (χ1n) is 6.13. The van der Waals surface area contributed by atoms with Gasteiger partial charge >= 0.3 is 0 Å². The highest BCUT2D eigenvalue weighted by Crippen LogP contribution is 2.22. The summed E-state index contributed by atoms with van der Waals surface area (Å²) >= 11 is 5.79. The van der Waals surface area contributed by atoms with E-state index in [1.54, 1.807) is 12.1 Å². The van der Waals surface area contributed by atoms with Crippen LogP contribution >= 0.6 is 11.6 Å². The second kappa shape index (κ2) is 6.70. The van der Waals surface area contributed by atoms with E-state index in [-0.39, 0.29) is 16.9 Å². The summed E-state index contributed by atoms with van der Waals surface area (Å²) in [5, 5.41) is 9.20. The Bertz CT molecular complexity index is 514. The van der Waals surface area contributed by atoms with Gasteiger partial charge in [-0.25, -0.2) is 13.1 Å². The van der Waals surface area contributed by atoms with E-state index in [0.29, 0.717) is 18.0 Å². The zero-order chi connectivity index (χ0) is 14.5. The number of hydrogen-bond acceptors (Lipinski definition) is 3. The standard InChI is InChI=1S/C13H20ClNO3S/c1-13(2,7-4-8-16)10-15-19(17,18)12-6-3-5-11(14)9-12/h3,5-6,9,15-16H,4,7-8,10H2,1-2H3. The van der Waals surface area contributed by atoms with Crippen molar-refractivity contribution in [2.24, 2.45) is 5.41 Å². The lowest BCUT2D eigenvalue weighted by atomic mass is 9.88. The van der Waals surface area contributed by atoms with Gasteiger partial charge in [0, 0.05) is 18.2 Å². The molecule has 4 nitrogen and oxygen atoms in total. The lowest BCUT2D eigenvalue weighted by molar-refractivity contribution is 0.242. The fourth-order valence-electron chi connectivity index (χ4n) is 1.65. The predicted octanol–water partition coefficient (Wildman–Crippen LogP) is 2.42. The Balaban J connectivity index is 2.71. The molecule has 0 aliphatic heterocycles. The van der Waals surface area contributed by atoms with Crippen LogP contribution in [-0.2, 0) is 10.0 Å². The molecule has 0 heterocycles. The van der Waals surface area contributed by atoms with Crippen molar-refractivity contribution in [3.8, 4) is 0 Å². The van der Waals surface area contributed by atoms with Crippen molar-refractivity contribution in [3.05, 3.63) is 29.3 Å². The Kier molecular flexibility index (Phi) is 5.80. The number of benzene rings is 1. The van der Waals surface area contributed by atoms with E-state index < -0.39 is 10.0 Å². The molecule has 2 N–H and O–H groups in total. The molecule has 19 heavy (non-hydrogen) atoms. The monoisotopic (exact) mass is 305 g/mol. The molecule has 0 radical (unpaired) electrons. The lowest BCUT2D eigenvalue weighted by Crippen LogP contribution is -2.34. The summed E-state index contributed by atoms with van der Waals surface area (Å²) in [4.78, 5) is 0.165. The Morgan fingerprint density at radius 1 is 1.37 bits per heavy atom. The van der Waals surface area contributed by atoms with E-state index in [1.807, 2.05) is 13.8 Å². The Hall–Kier alpha value is -0.620. The molecular formula is C13H20ClNO3S. The molecule has 0 saturated carbocycles. The highest BCUT2D eigenvalue weighted by molar-refractivity contribution is 7.89. The minimum Gasteiger partial charge on any atom is -0.396 e. The molecule has 108 valence electrons. The number of nitrogens with one attached hydrogen (secondary N) is 1. The maximum atomic E-state index is 12.1. The molecule has 0 fully saturated rings. The Morgan fingerprint density at radius 2 is 2.05 bits per heavy atom. The molecular weight excluding hydrogens is 286 g/mol. The molecule has 0 bridgehead atoms. The van der Waals surface area contributed by atoms with Crippen LogP contribution in [0.25, 0.3) is 0 Å². The molecule has 0 aliphatic rings. The average molecular weight is 306 g/mol. The number of sulfonamides is 1. The minimum atomic E-state index is -3.54. The maximum Gasteiger partial charge on any atom is 0.240 e. The van der Waals surface area contributed by atoms with Crippen molar-refractivity contribution in [2.75, 3.05) is 13.2 Å². The Labute approximate surface area is 119 Å². The van der Waals surface area contributed by atoms with Crippen LogP contribution in [0.4, 0.5) is 0 Å². The van der Waals surface area contributed by atoms with Crippen molar-refractivity contribution in [1.82, 2.24) is 4.72 Å². The molecule has 0 amide bonds. The van der Waals surface area contributed by atoms with E-state index in [9.17, 15) is 8.42 Å². The van der Waals surface area contributed by atoms with E-state index in [2.05, 4.69) is 4.72 Å². The van der Waals surface area contributed by atoms with Crippen LogP contribution in [0.3, 0.4) is 0 Å². The maximum absolute atomic E-state index is 12.1. The number of aliphatic hydroxyl groups excluding tert-OH is 1. The minimum absolute atomic E-state index is 0.116. The second-order valence-electron chi connectivity index (χ2n) is 5.27. The number of hydrogen-bond donors (Lipinski definition) is 2. The number of rotatable bonds is 7.